The Bertz CT molecular complexity index is 1220. The second-order valence-corrected chi connectivity index (χ2v) is 9.07. The summed E-state index contributed by atoms with van der Waals surface area (Å²) in [5.41, 5.74) is 5.81. The lowest BCUT2D eigenvalue weighted by Crippen LogP contribution is -2.28. The van der Waals surface area contributed by atoms with Gasteiger partial charge in [0.25, 0.3) is 5.91 Å². The maximum absolute atomic E-state index is 14.8. The molecule has 31 heavy (non-hydrogen) atoms. The summed E-state index contributed by atoms with van der Waals surface area (Å²) in [5.74, 6) is -0.0469. The maximum atomic E-state index is 14.8. The standard InChI is InChI=1S/C21H22FN5O3S/c1-11-20(31-19(24-11)18(23)28)30-16-8-6-13(10-14(16)22)27-21(29)26-15(7-9-17(26)25-27)12-4-2-3-5-12/h6,8,10,12,15H,2-5,7,9H2,1H3,(H2,23,28)/t15-/m0/s1. The van der Waals surface area contributed by atoms with Gasteiger partial charge in [-0.05, 0) is 44.2 Å². The fraction of sp³-hybridized carbons (Fsp3) is 0.429. The number of hydrogen-bond donors (Lipinski definition) is 1. The zero-order chi connectivity index (χ0) is 21.7. The number of nitrogens with zero attached hydrogens (tertiary/aromatic N) is 4. The van der Waals surface area contributed by atoms with Crippen LogP contribution < -0.4 is 16.2 Å². The number of amides is 1. The molecule has 0 radical (unpaired) electrons. The van der Waals surface area contributed by atoms with Crippen molar-refractivity contribution in [3.05, 3.63) is 51.0 Å². The van der Waals surface area contributed by atoms with Gasteiger partial charge < -0.3 is 10.5 Å². The van der Waals surface area contributed by atoms with E-state index in [0.29, 0.717) is 17.3 Å². The van der Waals surface area contributed by atoms with E-state index in [1.54, 1.807) is 13.0 Å². The van der Waals surface area contributed by atoms with Crippen LogP contribution in [0.3, 0.4) is 0 Å². The highest BCUT2D eigenvalue weighted by molar-refractivity contribution is 7.15. The van der Waals surface area contributed by atoms with Crippen LogP contribution >= 0.6 is 11.3 Å². The Kier molecular flexibility index (Phi) is 4.88. The molecule has 1 aromatic carbocycles. The van der Waals surface area contributed by atoms with Crippen molar-refractivity contribution in [2.45, 2.75) is 51.5 Å². The first-order valence-corrected chi connectivity index (χ1v) is 11.2. The van der Waals surface area contributed by atoms with E-state index in [9.17, 15) is 14.0 Å². The van der Waals surface area contributed by atoms with Crippen LogP contribution in [0.1, 0.15) is 59.5 Å². The van der Waals surface area contributed by atoms with Crippen LogP contribution in [0.15, 0.2) is 23.0 Å². The molecule has 1 amide bonds. The Morgan fingerprint density at radius 1 is 1.29 bits per heavy atom. The van der Waals surface area contributed by atoms with Crippen molar-refractivity contribution < 1.29 is 13.9 Å². The lowest BCUT2D eigenvalue weighted by Gasteiger charge is -2.19. The molecule has 0 bridgehead atoms. The van der Waals surface area contributed by atoms with E-state index < -0.39 is 11.7 Å². The predicted molar refractivity (Wildman–Crippen MR) is 113 cm³/mol. The molecule has 8 nitrogen and oxygen atoms in total. The zero-order valence-corrected chi connectivity index (χ0v) is 17.8. The average Bonchev–Trinajstić information content (AvgIpc) is 3.50. The average molecular weight is 444 g/mol. The molecule has 162 valence electrons. The first-order chi connectivity index (χ1) is 14.9. The second-order valence-electron chi connectivity index (χ2n) is 8.10. The van der Waals surface area contributed by atoms with E-state index in [1.807, 2.05) is 4.57 Å². The van der Waals surface area contributed by atoms with Gasteiger partial charge in [-0.3, -0.25) is 9.36 Å². The number of primary amides is 1. The van der Waals surface area contributed by atoms with Gasteiger partial charge in [0.15, 0.2) is 16.6 Å². The molecule has 3 aromatic rings. The summed E-state index contributed by atoms with van der Waals surface area (Å²) in [6.45, 7) is 1.65. The molecule has 2 N–H and O–H groups in total. The Morgan fingerprint density at radius 2 is 2.06 bits per heavy atom. The molecule has 1 fully saturated rings. The van der Waals surface area contributed by atoms with Gasteiger partial charge in [0.2, 0.25) is 5.06 Å². The van der Waals surface area contributed by atoms with Crippen LogP contribution in [-0.4, -0.2) is 25.2 Å². The zero-order valence-electron chi connectivity index (χ0n) is 17.0. The van der Waals surface area contributed by atoms with Gasteiger partial charge >= 0.3 is 5.69 Å². The minimum atomic E-state index is -0.665. The van der Waals surface area contributed by atoms with E-state index in [4.69, 9.17) is 10.5 Å². The van der Waals surface area contributed by atoms with Gasteiger partial charge in [-0.25, -0.2) is 14.2 Å². The van der Waals surface area contributed by atoms with Gasteiger partial charge in [-0.2, -0.15) is 4.68 Å². The smallest absolute Gasteiger partial charge is 0.351 e. The number of aryl methyl sites for hydroxylation is 2. The minimum Gasteiger partial charge on any atom is -0.442 e. The first kappa shape index (κ1) is 19.9. The number of benzene rings is 1. The van der Waals surface area contributed by atoms with Crippen molar-refractivity contribution in [1.29, 1.82) is 0 Å². The number of hydrogen-bond acceptors (Lipinski definition) is 6. The van der Waals surface area contributed by atoms with Crippen molar-refractivity contribution in [2.75, 3.05) is 0 Å². The SMILES string of the molecule is Cc1nc(C(N)=O)sc1Oc1ccc(-n2nc3n(c2=O)[C@H](C2CCCC2)CC3)cc1F. The van der Waals surface area contributed by atoms with E-state index in [2.05, 4.69) is 10.1 Å². The lowest BCUT2D eigenvalue weighted by atomic mass is 9.96. The summed E-state index contributed by atoms with van der Waals surface area (Å²) < 4.78 is 23.5. The molecular formula is C21H22FN5O3S. The normalized spacial score (nSPS) is 18.5. The summed E-state index contributed by atoms with van der Waals surface area (Å²) in [7, 11) is 0. The minimum absolute atomic E-state index is 0.0323. The number of aromatic nitrogens is 4. The number of thiazole rings is 1. The third-order valence-corrected chi connectivity index (χ3v) is 7.20. The monoisotopic (exact) mass is 443 g/mol. The highest BCUT2D eigenvalue weighted by Crippen LogP contribution is 2.39. The number of halogens is 1. The van der Waals surface area contributed by atoms with Gasteiger partial charge in [-0.15, -0.1) is 5.10 Å². The van der Waals surface area contributed by atoms with Gasteiger partial charge in [0.05, 0.1) is 11.4 Å². The van der Waals surface area contributed by atoms with E-state index in [1.165, 1.54) is 29.7 Å². The van der Waals surface area contributed by atoms with Crippen LogP contribution in [0.4, 0.5) is 4.39 Å². The predicted octanol–water partition coefficient (Wildman–Crippen LogP) is 3.51. The van der Waals surface area contributed by atoms with Gasteiger partial charge in [0.1, 0.15) is 5.82 Å². The third kappa shape index (κ3) is 3.44. The van der Waals surface area contributed by atoms with Crippen LogP contribution in [0.5, 0.6) is 10.8 Å². The summed E-state index contributed by atoms with van der Waals surface area (Å²) in [6, 6.07) is 4.47. The van der Waals surface area contributed by atoms with Crippen molar-refractivity contribution in [3.63, 3.8) is 0 Å². The molecule has 2 aliphatic rings. The van der Waals surface area contributed by atoms with E-state index in [0.717, 1.165) is 42.8 Å². The molecule has 2 aromatic heterocycles. The van der Waals surface area contributed by atoms with E-state index in [-0.39, 0.29) is 27.6 Å². The highest BCUT2D eigenvalue weighted by atomic mass is 32.1. The summed E-state index contributed by atoms with van der Waals surface area (Å²) in [4.78, 5) is 28.4. The Hall–Kier alpha value is -3.01. The molecule has 1 aliphatic carbocycles. The molecular weight excluding hydrogens is 421 g/mol. The molecule has 5 rings (SSSR count). The van der Waals surface area contributed by atoms with Crippen LogP contribution in [0.25, 0.3) is 5.69 Å². The number of nitrogens with two attached hydrogens (primary N) is 1. The number of fused-ring (bicyclic) bond motifs is 1. The molecule has 1 saturated carbocycles. The Labute approximate surface area is 181 Å². The maximum Gasteiger partial charge on any atom is 0.351 e. The molecule has 0 spiro atoms. The summed E-state index contributed by atoms with van der Waals surface area (Å²) in [6.07, 6.45) is 6.44. The Morgan fingerprint density at radius 3 is 2.74 bits per heavy atom. The van der Waals surface area contributed by atoms with Gasteiger partial charge in [-0.1, -0.05) is 24.2 Å². The lowest BCUT2D eigenvalue weighted by molar-refractivity contribution is 0.1000. The largest absolute Gasteiger partial charge is 0.442 e. The van der Waals surface area contributed by atoms with E-state index >= 15 is 0 Å². The fourth-order valence-electron chi connectivity index (χ4n) is 4.67. The quantitative estimate of drug-likeness (QED) is 0.650. The molecule has 0 unspecified atom stereocenters. The van der Waals surface area contributed by atoms with Crippen LogP contribution in [0, 0.1) is 18.7 Å². The molecule has 1 atom stereocenters. The summed E-state index contributed by atoms with van der Waals surface area (Å²) in [5, 5.41) is 4.86. The van der Waals surface area contributed by atoms with Crippen LogP contribution in [0.2, 0.25) is 0 Å². The molecule has 0 saturated heterocycles. The number of carbonyl (C=O) groups excluding carboxylic acids is 1. The fourth-order valence-corrected chi connectivity index (χ4v) is 5.46. The van der Waals surface area contributed by atoms with Crippen molar-refractivity contribution in [2.24, 2.45) is 11.7 Å². The second kappa shape index (κ2) is 7.60. The topological polar surface area (TPSA) is 105 Å². The van der Waals surface area contributed by atoms with Crippen molar-refractivity contribution in [3.8, 4) is 16.5 Å². The highest BCUT2D eigenvalue weighted by Gasteiger charge is 2.35. The third-order valence-electron chi connectivity index (χ3n) is 6.15. The number of rotatable bonds is 5. The molecule has 1 aliphatic heterocycles. The number of carbonyl (C=O) groups is 1. The molecule has 10 heteroatoms. The van der Waals surface area contributed by atoms with Crippen molar-refractivity contribution >= 4 is 17.2 Å². The Balaban J connectivity index is 1.43. The van der Waals surface area contributed by atoms with Crippen molar-refractivity contribution in [1.82, 2.24) is 19.3 Å². The molecule has 3 heterocycles. The number of ether oxygens (including phenoxy) is 1. The summed E-state index contributed by atoms with van der Waals surface area (Å²) >= 11 is 0.957. The first-order valence-electron chi connectivity index (χ1n) is 10.4. The van der Waals surface area contributed by atoms with Gasteiger partial charge in [0, 0.05) is 18.5 Å². The van der Waals surface area contributed by atoms with Crippen LogP contribution in [-0.2, 0) is 6.42 Å².